The molecule has 0 aliphatic carbocycles. The van der Waals surface area contributed by atoms with Crippen molar-refractivity contribution < 1.29 is 28.6 Å². The Labute approximate surface area is 344 Å². The van der Waals surface area contributed by atoms with Gasteiger partial charge in [0.05, 0.1) is 30.0 Å². The molecular formula is C45H52N6O6S. The first-order chi connectivity index (χ1) is 28.0. The number of esters is 2. The van der Waals surface area contributed by atoms with Crippen molar-refractivity contribution in [2.75, 3.05) is 69.2 Å². The first-order valence-corrected chi connectivity index (χ1v) is 20.9. The van der Waals surface area contributed by atoms with Crippen LogP contribution >= 0.6 is 11.3 Å². The maximum absolute atomic E-state index is 13.9. The van der Waals surface area contributed by atoms with Crippen molar-refractivity contribution in [3.63, 3.8) is 0 Å². The lowest BCUT2D eigenvalue weighted by molar-refractivity contribution is -0.144. The molecule has 0 saturated carbocycles. The second kappa shape index (κ2) is 18.0. The van der Waals surface area contributed by atoms with Crippen LogP contribution in [-0.4, -0.2) is 102 Å². The van der Waals surface area contributed by atoms with Gasteiger partial charge in [-0.2, -0.15) is 0 Å². The zero-order valence-corrected chi connectivity index (χ0v) is 34.8. The number of rotatable bonds is 13. The number of aromatic nitrogens is 2. The average Bonchev–Trinajstić information content (AvgIpc) is 3.62. The van der Waals surface area contributed by atoms with Gasteiger partial charge in [-0.3, -0.25) is 19.8 Å². The number of nitrogens with zero attached hydrogens (tertiary/aromatic N) is 5. The van der Waals surface area contributed by atoms with E-state index in [0.29, 0.717) is 61.3 Å². The van der Waals surface area contributed by atoms with E-state index in [1.807, 2.05) is 101 Å². The zero-order valence-electron chi connectivity index (χ0n) is 34.0. The van der Waals surface area contributed by atoms with Gasteiger partial charge in [0.1, 0.15) is 17.2 Å². The van der Waals surface area contributed by atoms with Gasteiger partial charge < -0.3 is 24.0 Å². The summed E-state index contributed by atoms with van der Waals surface area (Å²) in [6.45, 7) is 16.1. The van der Waals surface area contributed by atoms with E-state index < -0.39 is 11.6 Å². The zero-order chi connectivity index (χ0) is 40.8. The Morgan fingerprint density at radius 1 is 0.862 bits per heavy atom. The normalized spacial score (nSPS) is 14.9. The van der Waals surface area contributed by atoms with E-state index in [1.54, 1.807) is 0 Å². The Morgan fingerprint density at radius 3 is 2.41 bits per heavy atom. The number of benzene rings is 3. The molecule has 0 atom stereocenters. The molecule has 0 radical (unpaired) electrons. The van der Waals surface area contributed by atoms with Crippen molar-refractivity contribution in [3.8, 4) is 16.9 Å². The van der Waals surface area contributed by atoms with Crippen LogP contribution in [0.3, 0.4) is 0 Å². The molecule has 2 aliphatic heterocycles. The van der Waals surface area contributed by atoms with E-state index in [-0.39, 0.29) is 17.6 Å². The third kappa shape index (κ3) is 9.83. The highest BCUT2D eigenvalue weighted by molar-refractivity contribution is 7.22. The highest BCUT2D eigenvalue weighted by Gasteiger charge is 2.28. The molecule has 1 saturated heterocycles. The molecule has 12 nitrogen and oxygen atoms in total. The molecule has 2 aromatic heterocycles. The van der Waals surface area contributed by atoms with Crippen LogP contribution in [0, 0.1) is 6.92 Å². The van der Waals surface area contributed by atoms with E-state index in [1.165, 1.54) is 11.3 Å². The lowest BCUT2D eigenvalue weighted by Crippen LogP contribution is -2.48. The summed E-state index contributed by atoms with van der Waals surface area (Å²) < 4.78 is 18.4. The van der Waals surface area contributed by atoms with Gasteiger partial charge in [-0.05, 0) is 106 Å². The second-order valence-electron chi connectivity index (χ2n) is 15.7. The Kier molecular flexibility index (Phi) is 12.7. The van der Waals surface area contributed by atoms with Crippen molar-refractivity contribution in [1.82, 2.24) is 19.8 Å². The van der Waals surface area contributed by atoms with Gasteiger partial charge >= 0.3 is 11.9 Å². The van der Waals surface area contributed by atoms with Gasteiger partial charge in [-0.15, -0.1) is 0 Å². The van der Waals surface area contributed by atoms with Gasteiger partial charge in [-0.1, -0.05) is 47.7 Å². The lowest BCUT2D eigenvalue weighted by Gasteiger charge is -2.34. The summed E-state index contributed by atoms with van der Waals surface area (Å²) in [5.74, 6) is 0.493. The minimum Gasteiger partial charge on any atom is -0.493 e. The molecule has 5 aromatic rings. The molecule has 13 heteroatoms. The predicted molar refractivity (Wildman–Crippen MR) is 228 cm³/mol. The van der Waals surface area contributed by atoms with Crippen LogP contribution in [-0.2, 0) is 27.2 Å². The van der Waals surface area contributed by atoms with Gasteiger partial charge in [-0.25, -0.2) is 14.8 Å². The minimum atomic E-state index is -0.727. The molecule has 0 unspecified atom stereocenters. The van der Waals surface area contributed by atoms with Gasteiger partial charge in [0, 0.05) is 56.9 Å². The standard InChI is InChI=1S/C45H52N6O6S/c1-6-55-40(52)29-50-25-23-49(24-26-50)21-11-27-56-37-16-10-13-32(30(37)2)33-18-19-39(47-41(33)43(54)57-45(3,4)5)51-22-20-31-12-9-14-34(35(31)28-51)42(53)48-44-46-36-15-7-8-17-38(36)58-44/h7-10,12-19H,6,11,20-29H2,1-5H3,(H,46,48,53). The SMILES string of the molecule is CCOC(=O)CN1CCN(CCCOc2cccc(-c3ccc(N4CCc5cccc(C(=O)Nc6nc7ccccc7s6)c5C4)nc3C(=O)OC(C)(C)C)c2C)CC1. The predicted octanol–water partition coefficient (Wildman–Crippen LogP) is 7.39. The Bertz CT molecular complexity index is 2240. The Balaban J connectivity index is 1.06. The van der Waals surface area contributed by atoms with Crippen LogP contribution in [0.1, 0.15) is 71.7 Å². The van der Waals surface area contributed by atoms with Crippen molar-refractivity contribution in [1.29, 1.82) is 0 Å². The Hall–Kier alpha value is -5.37. The van der Waals surface area contributed by atoms with E-state index in [4.69, 9.17) is 19.2 Å². The fourth-order valence-electron chi connectivity index (χ4n) is 7.50. The number of carbonyl (C=O) groups is 3. The molecule has 0 bridgehead atoms. The number of para-hydroxylation sites is 1. The van der Waals surface area contributed by atoms with Crippen LogP contribution < -0.4 is 15.0 Å². The number of pyridine rings is 1. The van der Waals surface area contributed by atoms with E-state index in [2.05, 4.69) is 31.1 Å². The number of hydrogen-bond donors (Lipinski definition) is 1. The van der Waals surface area contributed by atoms with Crippen molar-refractivity contribution >= 4 is 50.3 Å². The van der Waals surface area contributed by atoms with Crippen LogP contribution in [0.25, 0.3) is 21.3 Å². The van der Waals surface area contributed by atoms with Crippen molar-refractivity contribution in [2.45, 2.75) is 59.6 Å². The number of carbonyl (C=O) groups excluding carboxylic acids is 3. The van der Waals surface area contributed by atoms with E-state index >= 15 is 0 Å². The molecule has 58 heavy (non-hydrogen) atoms. The van der Waals surface area contributed by atoms with E-state index in [9.17, 15) is 14.4 Å². The summed E-state index contributed by atoms with van der Waals surface area (Å²) >= 11 is 1.45. The number of thiazole rings is 1. The lowest BCUT2D eigenvalue weighted by atomic mass is 9.94. The van der Waals surface area contributed by atoms with Crippen LogP contribution in [0.15, 0.2) is 72.8 Å². The maximum atomic E-state index is 13.9. The summed E-state index contributed by atoms with van der Waals surface area (Å²) in [5.41, 5.74) is 5.38. The highest BCUT2D eigenvalue weighted by atomic mass is 32.1. The Morgan fingerprint density at radius 2 is 1.64 bits per heavy atom. The fourth-order valence-corrected chi connectivity index (χ4v) is 8.36. The third-order valence-corrected chi connectivity index (χ3v) is 11.4. The topological polar surface area (TPSA) is 126 Å². The average molecular weight is 805 g/mol. The number of fused-ring (bicyclic) bond motifs is 2. The number of amides is 1. The summed E-state index contributed by atoms with van der Waals surface area (Å²) in [5, 5.41) is 3.58. The first kappa shape index (κ1) is 40.8. The molecule has 1 N–H and O–H groups in total. The van der Waals surface area contributed by atoms with E-state index in [0.717, 1.165) is 77.4 Å². The monoisotopic (exact) mass is 804 g/mol. The minimum absolute atomic E-state index is 0.168. The molecule has 304 valence electrons. The van der Waals surface area contributed by atoms with Gasteiger partial charge in [0.25, 0.3) is 5.91 Å². The number of hydrogen-bond acceptors (Lipinski definition) is 12. The quantitative estimate of drug-likeness (QED) is 0.0947. The molecule has 1 amide bonds. The molecule has 0 spiro atoms. The van der Waals surface area contributed by atoms with Crippen LogP contribution in [0.5, 0.6) is 5.75 Å². The molecule has 7 rings (SSSR count). The highest BCUT2D eigenvalue weighted by Crippen LogP contribution is 2.35. The third-order valence-electron chi connectivity index (χ3n) is 10.4. The molecular weight excluding hydrogens is 753 g/mol. The maximum Gasteiger partial charge on any atom is 0.358 e. The number of anilines is 2. The number of ether oxygens (including phenoxy) is 3. The number of nitrogens with one attached hydrogen (secondary N) is 1. The van der Waals surface area contributed by atoms with Gasteiger partial charge in [0.15, 0.2) is 10.8 Å². The first-order valence-electron chi connectivity index (χ1n) is 20.1. The molecule has 1 fully saturated rings. The number of piperazine rings is 1. The smallest absolute Gasteiger partial charge is 0.358 e. The summed E-state index contributed by atoms with van der Waals surface area (Å²) in [7, 11) is 0. The van der Waals surface area contributed by atoms with Crippen molar-refractivity contribution in [2.24, 2.45) is 0 Å². The molecule has 3 aromatic carbocycles. The summed E-state index contributed by atoms with van der Waals surface area (Å²) in [6, 6.07) is 23.4. The molecule has 4 heterocycles. The van der Waals surface area contributed by atoms with Crippen LogP contribution in [0.4, 0.5) is 10.9 Å². The fraction of sp³-hybridized carbons (Fsp3) is 0.400. The summed E-state index contributed by atoms with van der Waals surface area (Å²) in [6.07, 6.45) is 1.57. The van der Waals surface area contributed by atoms with Crippen molar-refractivity contribution in [3.05, 3.63) is 101 Å². The van der Waals surface area contributed by atoms with Crippen LogP contribution in [0.2, 0.25) is 0 Å². The molecule has 2 aliphatic rings. The van der Waals surface area contributed by atoms with Gasteiger partial charge in [0.2, 0.25) is 0 Å². The largest absolute Gasteiger partial charge is 0.493 e. The summed E-state index contributed by atoms with van der Waals surface area (Å²) in [4.78, 5) is 55.7. The second-order valence-corrected chi connectivity index (χ2v) is 16.7.